The van der Waals surface area contributed by atoms with Gasteiger partial charge in [0, 0.05) is 70.2 Å². The summed E-state index contributed by atoms with van der Waals surface area (Å²) in [6, 6.07) is 11.9. The molecule has 0 saturated carbocycles. The smallest absolute Gasteiger partial charge is 0.237 e. The molecule has 0 unspecified atom stereocenters. The molecule has 5 rings (SSSR count). The monoisotopic (exact) mass is 393 g/mol. The molecule has 28 heavy (non-hydrogen) atoms. The number of nitrogens with one attached hydrogen (secondary N) is 2. The predicted molar refractivity (Wildman–Crippen MR) is 110 cm³/mol. The number of hydrogen-bond acceptors (Lipinski definition) is 3. The van der Waals surface area contributed by atoms with E-state index in [-0.39, 0.29) is 5.91 Å². The lowest BCUT2D eigenvalue weighted by molar-refractivity contribution is -0.137. The van der Waals surface area contributed by atoms with Crippen LogP contribution in [0.25, 0.3) is 21.8 Å². The number of aromatic nitrogens is 3. The summed E-state index contributed by atoms with van der Waals surface area (Å²) in [5.41, 5.74) is 4.26. The van der Waals surface area contributed by atoms with Crippen LogP contribution in [0.4, 0.5) is 0 Å². The van der Waals surface area contributed by atoms with Crippen molar-refractivity contribution in [2.24, 2.45) is 0 Å². The second-order valence-electron chi connectivity index (χ2n) is 7.31. The summed E-state index contributed by atoms with van der Waals surface area (Å²) >= 11 is 6.07. The SMILES string of the molecule is O=C1CN(Cc2cc3cc(Cl)ccc3[nH]2)CCN1Cc1cc2cnccc2[nH]1. The summed E-state index contributed by atoms with van der Waals surface area (Å²) in [7, 11) is 0. The average Bonchev–Trinajstić information content (AvgIpc) is 3.26. The molecule has 4 aromatic rings. The Morgan fingerprint density at radius 3 is 2.57 bits per heavy atom. The van der Waals surface area contributed by atoms with Crippen molar-refractivity contribution in [1.82, 2.24) is 24.8 Å². The van der Waals surface area contributed by atoms with Crippen LogP contribution in [0.1, 0.15) is 11.4 Å². The van der Waals surface area contributed by atoms with E-state index in [2.05, 4.69) is 32.0 Å². The van der Waals surface area contributed by atoms with Gasteiger partial charge in [0.05, 0.1) is 13.1 Å². The van der Waals surface area contributed by atoms with Crippen molar-refractivity contribution in [2.45, 2.75) is 13.1 Å². The number of nitrogens with zero attached hydrogens (tertiary/aromatic N) is 3. The topological polar surface area (TPSA) is 68.0 Å². The molecule has 1 aromatic carbocycles. The molecule has 0 spiro atoms. The van der Waals surface area contributed by atoms with Crippen molar-refractivity contribution >= 4 is 39.3 Å². The maximum atomic E-state index is 12.7. The van der Waals surface area contributed by atoms with Gasteiger partial charge in [-0.1, -0.05) is 11.6 Å². The third kappa shape index (κ3) is 3.37. The summed E-state index contributed by atoms with van der Waals surface area (Å²) in [5, 5.41) is 2.90. The van der Waals surface area contributed by atoms with Crippen molar-refractivity contribution in [3.63, 3.8) is 0 Å². The van der Waals surface area contributed by atoms with Crippen LogP contribution in [-0.4, -0.2) is 50.3 Å². The predicted octanol–water partition coefficient (Wildman–Crippen LogP) is 3.54. The number of benzene rings is 1. The van der Waals surface area contributed by atoms with Crippen LogP contribution >= 0.6 is 11.6 Å². The molecule has 1 saturated heterocycles. The normalized spacial score (nSPS) is 15.8. The van der Waals surface area contributed by atoms with Gasteiger partial charge in [-0.3, -0.25) is 14.7 Å². The average molecular weight is 394 g/mol. The maximum absolute atomic E-state index is 12.7. The summed E-state index contributed by atoms with van der Waals surface area (Å²) in [5.74, 6) is 0.155. The number of H-pyrrole nitrogens is 2. The highest BCUT2D eigenvalue weighted by Gasteiger charge is 2.24. The summed E-state index contributed by atoms with van der Waals surface area (Å²) in [4.78, 5) is 27.7. The van der Waals surface area contributed by atoms with Crippen LogP contribution in [0.3, 0.4) is 0 Å². The van der Waals surface area contributed by atoms with Crippen molar-refractivity contribution in [2.75, 3.05) is 19.6 Å². The molecular formula is C21H20ClN5O. The van der Waals surface area contributed by atoms with Crippen molar-refractivity contribution < 1.29 is 4.79 Å². The number of halogens is 1. The molecule has 1 fully saturated rings. The van der Waals surface area contributed by atoms with E-state index < -0.39 is 0 Å². The molecule has 0 radical (unpaired) electrons. The van der Waals surface area contributed by atoms with E-state index in [1.807, 2.05) is 35.4 Å². The Balaban J connectivity index is 1.24. The molecule has 142 valence electrons. The second kappa shape index (κ2) is 6.96. The second-order valence-corrected chi connectivity index (χ2v) is 7.75. The first-order chi connectivity index (χ1) is 13.6. The highest BCUT2D eigenvalue weighted by Crippen LogP contribution is 2.22. The molecule has 2 N–H and O–H groups in total. The summed E-state index contributed by atoms with van der Waals surface area (Å²) in [6.45, 7) is 3.33. The van der Waals surface area contributed by atoms with Gasteiger partial charge in [-0.25, -0.2) is 0 Å². The quantitative estimate of drug-likeness (QED) is 0.557. The van der Waals surface area contributed by atoms with Gasteiger partial charge in [0.2, 0.25) is 5.91 Å². The third-order valence-electron chi connectivity index (χ3n) is 5.27. The highest BCUT2D eigenvalue weighted by atomic mass is 35.5. The number of rotatable bonds is 4. The van der Waals surface area contributed by atoms with Crippen LogP contribution in [0.2, 0.25) is 5.02 Å². The zero-order valence-corrected chi connectivity index (χ0v) is 16.0. The zero-order valence-electron chi connectivity index (χ0n) is 15.3. The Morgan fingerprint density at radius 1 is 0.964 bits per heavy atom. The molecular weight excluding hydrogens is 374 g/mol. The minimum Gasteiger partial charge on any atom is -0.357 e. The van der Waals surface area contributed by atoms with E-state index in [0.29, 0.717) is 13.1 Å². The van der Waals surface area contributed by atoms with Gasteiger partial charge in [0.25, 0.3) is 0 Å². The molecule has 1 amide bonds. The Labute approximate surface area is 167 Å². The van der Waals surface area contributed by atoms with Gasteiger partial charge in [-0.05, 0) is 36.4 Å². The first-order valence-corrected chi connectivity index (χ1v) is 9.71. The summed E-state index contributed by atoms with van der Waals surface area (Å²) in [6.07, 6.45) is 3.60. The molecule has 7 heteroatoms. The minimum atomic E-state index is 0.155. The Bertz CT molecular complexity index is 1130. The molecule has 0 aliphatic carbocycles. The van der Waals surface area contributed by atoms with Gasteiger partial charge in [0.15, 0.2) is 0 Å². The molecule has 0 atom stereocenters. The van der Waals surface area contributed by atoms with Gasteiger partial charge < -0.3 is 14.9 Å². The van der Waals surface area contributed by atoms with Crippen LogP contribution < -0.4 is 0 Å². The van der Waals surface area contributed by atoms with Gasteiger partial charge >= 0.3 is 0 Å². The molecule has 1 aliphatic rings. The number of aromatic amines is 2. The largest absolute Gasteiger partial charge is 0.357 e. The number of fused-ring (bicyclic) bond motifs is 2. The van der Waals surface area contributed by atoms with Gasteiger partial charge in [-0.15, -0.1) is 0 Å². The van der Waals surface area contributed by atoms with E-state index >= 15 is 0 Å². The van der Waals surface area contributed by atoms with Crippen LogP contribution in [0.5, 0.6) is 0 Å². The number of piperazine rings is 1. The van der Waals surface area contributed by atoms with E-state index in [0.717, 1.165) is 57.9 Å². The Hall–Kier alpha value is -2.83. The number of hydrogen-bond donors (Lipinski definition) is 2. The molecule has 0 bridgehead atoms. The number of carbonyl (C=O) groups excluding carboxylic acids is 1. The van der Waals surface area contributed by atoms with E-state index in [1.165, 1.54) is 0 Å². The first-order valence-electron chi connectivity index (χ1n) is 9.33. The summed E-state index contributed by atoms with van der Waals surface area (Å²) < 4.78 is 0. The van der Waals surface area contributed by atoms with E-state index in [4.69, 9.17) is 11.6 Å². The van der Waals surface area contributed by atoms with Crippen molar-refractivity contribution in [3.05, 3.63) is 65.2 Å². The van der Waals surface area contributed by atoms with Crippen LogP contribution in [0, 0.1) is 0 Å². The lowest BCUT2D eigenvalue weighted by atomic mass is 10.2. The lowest BCUT2D eigenvalue weighted by Gasteiger charge is -2.33. The Morgan fingerprint density at radius 2 is 1.75 bits per heavy atom. The van der Waals surface area contributed by atoms with Crippen molar-refractivity contribution in [3.8, 4) is 0 Å². The minimum absolute atomic E-state index is 0.155. The number of pyridine rings is 1. The van der Waals surface area contributed by atoms with E-state index in [9.17, 15) is 4.79 Å². The number of carbonyl (C=O) groups is 1. The first kappa shape index (κ1) is 17.3. The Kier molecular flexibility index (Phi) is 4.30. The van der Waals surface area contributed by atoms with Gasteiger partial charge in [0.1, 0.15) is 0 Å². The van der Waals surface area contributed by atoms with Crippen LogP contribution in [0.15, 0.2) is 48.8 Å². The van der Waals surface area contributed by atoms with Gasteiger partial charge in [-0.2, -0.15) is 0 Å². The molecule has 3 aromatic heterocycles. The third-order valence-corrected chi connectivity index (χ3v) is 5.50. The fourth-order valence-corrected chi connectivity index (χ4v) is 4.05. The lowest BCUT2D eigenvalue weighted by Crippen LogP contribution is -2.49. The fraction of sp³-hybridized carbons (Fsp3) is 0.238. The highest BCUT2D eigenvalue weighted by molar-refractivity contribution is 6.31. The zero-order chi connectivity index (χ0) is 19.1. The standard InChI is InChI=1S/C21H20ClN5O/c22-16-1-2-19-14(7-16)8-17(24-19)11-26-5-6-27(21(28)13-26)12-18-9-15-10-23-4-3-20(15)25-18/h1-4,7-10,24-25H,5-6,11-13H2. The van der Waals surface area contributed by atoms with E-state index in [1.54, 1.807) is 6.20 Å². The van der Waals surface area contributed by atoms with Crippen molar-refractivity contribution in [1.29, 1.82) is 0 Å². The molecule has 4 heterocycles. The molecule has 6 nitrogen and oxygen atoms in total. The fourth-order valence-electron chi connectivity index (χ4n) is 3.87. The number of amides is 1. The maximum Gasteiger partial charge on any atom is 0.237 e. The van der Waals surface area contributed by atoms with Crippen LogP contribution in [-0.2, 0) is 17.9 Å². The molecule has 1 aliphatic heterocycles.